The summed E-state index contributed by atoms with van der Waals surface area (Å²) >= 11 is 0. The number of benzene rings is 11. The van der Waals surface area contributed by atoms with Gasteiger partial charge < -0.3 is 9.47 Å². The molecule has 0 spiro atoms. The van der Waals surface area contributed by atoms with Crippen LogP contribution in [0, 0.1) is 0 Å². The topological polar surface area (TPSA) is 18.5 Å². The smallest absolute Gasteiger partial charge is 0.135 e. The van der Waals surface area contributed by atoms with Gasteiger partial charge in [0.1, 0.15) is 23.0 Å². The van der Waals surface area contributed by atoms with Gasteiger partial charge in [0, 0.05) is 21.9 Å². The first-order valence-electron chi connectivity index (χ1n) is 20.6. The van der Waals surface area contributed by atoms with Gasteiger partial charge in [0.2, 0.25) is 0 Å². The van der Waals surface area contributed by atoms with Gasteiger partial charge >= 0.3 is 0 Å². The monoisotopic (exact) mass is 762 g/mol. The van der Waals surface area contributed by atoms with Crippen LogP contribution in [0.5, 0.6) is 23.0 Å². The largest absolute Gasteiger partial charge is 0.456 e. The van der Waals surface area contributed by atoms with E-state index in [2.05, 4.69) is 194 Å². The lowest BCUT2D eigenvalue weighted by Crippen LogP contribution is -1.99. The number of rotatable bonds is 4. The summed E-state index contributed by atoms with van der Waals surface area (Å²) in [7, 11) is 0. The molecule has 278 valence electrons. The van der Waals surface area contributed by atoms with Crippen molar-refractivity contribution >= 4 is 43.1 Å². The van der Waals surface area contributed by atoms with Crippen LogP contribution in [0.3, 0.4) is 0 Å². The van der Waals surface area contributed by atoms with E-state index in [0.717, 1.165) is 44.9 Å². The van der Waals surface area contributed by atoms with Crippen molar-refractivity contribution in [1.29, 1.82) is 0 Å². The van der Waals surface area contributed by atoms with E-state index in [4.69, 9.17) is 9.47 Å². The zero-order chi connectivity index (χ0) is 39.3. The molecule has 0 saturated heterocycles. The molecule has 0 aromatic heterocycles. The highest BCUT2D eigenvalue weighted by Crippen LogP contribution is 2.54. The van der Waals surface area contributed by atoms with Crippen molar-refractivity contribution in [2.45, 2.75) is 0 Å². The Balaban J connectivity index is 1.19. The summed E-state index contributed by atoms with van der Waals surface area (Å²) in [5.74, 6) is 3.55. The molecule has 2 heterocycles. The first kappa shape index (κ1) is 33.1. The summed E-state index contributed by atoms with van der Waals surface area (Å²) in [6, 6.07) is 74.7. The second-order valence-corrected chi connectivity index (χ2v) is 15.9. The molecule has 60 heavy (non-hydrogen) atoms. The molecule has 0 fully saturated rings. The van der Waals surface area contributed by atoms with Gasteiger partial charge in [-0.05, 0) is 124 Å². The van der Waals surface area contributed by atoms with Crippen LogP contribution in [-0.2, 0) is 0 Å². The van der Waals surface area contributed by atoms with Crippen LogP contribution in [0.4, 0.5) is 0 Å². The molecule has 0 N–H and O–H groups in total. The fourth-order valence-electron chi connectivity index (χ4n) is 10.0. The molecule has 2 aliphatic rings. The maximum absolute atomic E-state index is 6.62. The minimum absolute atomic E-state index is 0.886. The molecule has 0 radical (unpaired) electrons. The molecule has 11 aromatic carbocycles. The number of hydrogen-bond donors (Lipinski definition) is 0. The average molecular weight is 763 g/mol. The van der Waals surface area contributed by atoms with Gasteiger partial charge in [-0.3, -0.25) is 0 Å². The molecule has 11 aromatic rings. The lowest BCUT2D eigenvalue weighted by atomic mass is 9.80. The lowest BCUT2D eigenvalue weighted by molar-refractivity contribution is 0.487. The Bertz CT molecular complexity index is 3350. The van der Waals surface area contributed by atoms with Crippen LogP contribution < -0.4 is 9.47 Å². The van der Waals surface area contributed by atoms with Crippen molar-refractivity contribution in [3.8, 4) is 89.8 Å². The Kier molecular flexibility index (Phi) is 7.05. The highest BCUT2D eigenvalue weighted by molar-refractivity contribution is 6.27. The highest BCUT2D eigenvalue weighted by atomic mass is 16.5. The predicted octanol–water partition coefficient (Wildman–Crippen LogP) is 16.5. The molecule has 0 unspecified atom stereocenters. The zero-order valence-corrected chi connectivity index (χ0v) is 32.4. The molecule has 0 saturated carbocycles. The van der Waals surface area contributed by atoms with Crippen molar-refractivity contribution in [2.75, 3.05) is 0 Å². The normalized spacial score (nSPS) is 12.3. The summed E-state index contributed by atoms with van der Waals surface area (Å²) in [6.07, 6.45) is 0. The molecule has 2 heteroatoms. The third-order valence-corrected chi connectivity index (χ3v) is 12.7. The first-order valence-corrected chi connectivity index (χ1v) is 20.6. The van der Waals surface area contributed by atoms with Gasteiger partial charge in [-0.15, -0.1) is 0 Å². The summed E-state index contributed by atoms with van der Waals surface area (Å²) in [5.41, 5.74) is 14.1. The molecule has 0 amide bonds. The third-order valence-electron chi connectivity index (χ3n) is 12.7. The fraction of sp³-hybridized carbons (Fsp3) is 0. The van der Waals surface area contributed by atoms with E-state index in [0.29, 0.717) is 0 Å². The maximum Gasteiger partial charge on any atom is 0.135 e. The summed E-state index contributed by atoms with van der Waals surface area (Å²) in [4.78, 5) is 0. The minimum Gasteiger partial charge on any atom is -0.456 e. The Morgan fingerprint density at radius 1 is 0.217 bits per heavy atom. The molecule has 13 rings (SSSR count). The van der Waals surface area contributed by atoms with Crippen molar-refractivity contribution in [2.24, 2.45) is 0 Å². The lowest BCUT2D eigenvalue weighted by Gasteiger charge is -2.25. The molecule has 0 aliphatic carbocycles. The predicted molar refractivity (Wildman–Crippen MR) is 249 cm³/mol. The van der Waals surface area contributed by atoms with Gasteiger partial charge in [0.25, 0.3) is 0 Å². The fourth-order valence-corrected chi connectivity index (χ4v) is 10.0. The van der Waals surface area contributed by atoms with E-state index >= 15 is 0 Å². The molecule has 0 atom stereocenters. The SMILES string of the molecule is c1ccc(-c2ccc3c(-c4ccc5c6c(cccc46)Oc4ccccc4-5)c4cc(-c5ccccc5)ccc4c(-c4ccc5c6c(cccc46)Oc4ccccc4-5)c3c2)cc1. The van der Waals surface area contributed by atoms with Gasteiger partial charge in [0.15, 0.2) is 0 Å². The second-order valence-electron chi connectivity index (χ2n) is 15.9. The zero-order valence-electron chi connectivity index (χ0n) is 32.4. The Hall–Kier alpha value is -7.94. The van der Waals surface area contributed by atoms with Crippen molar-refractivity contribution in [3.05, 3.63) is 206 Å². The van der Waals surface area contributed by atoms with E-state index in [-0.39, 0.29) is 0 Å². The van der Waals surface area contributed by atoms with Crippen molar-refractivity contribution in [1.82, 2.24) is 0 Å². The quantitative estimate of drug-likeness (QED) is 0.166. The third kappa shape index (κ3) is 4.82. The van der Waals surface area contributed by atoms with E-state index in [1.165, 1.54) is 88.0 Å². The van der Waals surface area contributed by atoms with Gasteiger partial charge in [-0.1, -0.05) is 170 Å². The summed E-state index contributed by atoms with van der Waals surface area (Å²) < 4.78 is 13.2. The summed E-state index contributed by atoms with van der Waals surface area (Å²) in [6.45, 7) is 0. The van der Waals surface area contributed by atoms with Crippen LogP contribution >= 0.6 is 0 Å². The van der Waals surface area contributed by atoms with Crippen LogP contribution in [0.25, 0.3) is 110 Å². The number of hydrogen-bond acceptors (Lipinski definition) is 2. The average Bonchev–Trinajstić information content (AvgIpc) is 3.31. The highest BCUT2D eigenvalue weighted by Gasteiger charge is 2.27. The molecular formula is C58H34O2. The minimum atomic E-state index is 0.886. The van der Waals surface area contributed by atoms with Crippen LogP contribution in [0.2, 0.25) is 0 Å². The van der Waals surface area contributed by atoms with Crippen LogP contribution in [-0.4, -0.2) is 0 Å². The molecule has 0 bridgehead atoms. The van der Waals surface area contributed by atoms with E-state index in [9.17, 15) is 0 Å². The Morgan fingerprint density at radius 3 is 1.08 bits per heavy atom. The second kappa shape index (κ2) is 12.8. The molecule has 2 aliphatic heterocycles. The standard InChI is InChI=1S/C58H34O2/c1-3-13-35(14-4-1)37-25-27-47-49(33-37)55(45-31-29-43-39-17-7-9-21-51(39)59-53-23-11-19-41(45)57(43)53)48-28-26-38(36-15-5-2-6-16-36)34-50(48)56(47)46-32-30-44-40-18-8-10-22-52(40)60-54-24-12-20-42(46)58(44)54/h1-34H. The molecular weight excluding hydrogens is 729 g/mol. The summed E-state index contributed by atoms with van der Waals surface area (Å²) in [5, 5.41) is 9.42. The van der Waals surface area contributed by atoms with Gasteiger partial charge in [-0.2, -0.15) is 0 Å². The Labute approximate surface area is 347 Å². The van der Waals surface area contributed by atoms with E-state index in [1.54, 1.807) is 0 Å². The van der Waals surface area contributed by atoms with Gasteiger partial charge in [-0.25, -0.2) is 0 Å². The number of fused-ring (bicyclic) bond motifs is 6. The first-order chi connectivity index (χ1) is 29.8. The van der Waals surface area contributed by atoms with Crippen LogP contribution in [0.15, 0.2) is 206 Å². The van der Waals surface area contributed by atoms with Crippen LogP contribution in [0.1, 0.15) is 0 Å². The van der Waals surface area contributed by atoms with E-state index in [1.807, 2.05) is 12.1 Å². The van der Waals surface area contributed by atoms with Gasteiger partial charge in [0.05, 0.1) is 0 Å². The van der Waals surface area contributed by atoms with Crippen molar-refractivity contribution in [3.63, 3.8) is 0 Å². The number of ether oxygens (including phenoxy) is 2. The number of para-hydroxylation sites is 2. The van der Waals surface area contributed by atoms with Crippen molar-refractivity contribution < 1.29 is 9.47 Å². The molecule has 2 nitrogen and oxygen atoms in total. The Morgan fingerprint density at radius 2 is 0.617 bits per heavy atom. The maximum atomic E-state index is 6.62. The van der Waals surface area contributed by atoms with E-state index < -0.39 is 0 Å².